The lowest BCUT2D eigenvalue weighted by molar-refractivity contribution is -0.150. The fourth-order valence-corrected chi connectivity index (χ4v) is 3.12. The van der Waals surface area contributed by atoms with Gasteiger partial charge in [0.1, 0.15) is 0 Å². The molecule has 1 saturated heterocycles. The van der Waals surface area contributed by atoms with Crippen molar-refractivity contribution in [1.29, 1.82) is 0 Å². The molecule has 0 unspecified atom stereocenters. The number of aryl methyl sites for hydroxylation is 1. The van der Waals surface area contributed by atoms with Crippen LogP contribution in [0, 0.1) is 6.92 Å². The maximum absolute atomic E-state index is 12.6. The van der Waals surface area contributed by atoms with Crippen LogP contribution in [0.15, 0.2) is 12.3 Å². The van der Waals surface area contributed by atoms with Crippen molar-refractivity contribution in [3.05, 3.63) is 23.5 Å². The van der Waals surface area contributed by atoms with Crippen LogP contribution in [0.3, 0.4) is 0 Å². The molecule has 0 spiro atoms. The predicted octanol–water partition coefficient (Wildman–Crippen LogP) is 3.42. The van der Waals surface area contributed by atoms with Crippen LogP contribution in [-0.4, -0.2) is 48.3 Å². The Balaban J connectivity index is 2.12. The summed E-state index contributed by atoms with van der Waals surface area (Å²) in [4.78, 5) is 8.07. The lowest BCUT2D eigenvalue weighted by atomic mass is 10.0. The highest BCUT2D eigenvalue weighted by molar-refractivity contribution is 5.55. The summed E-state index contributed by atoms with van der Waals surface area (Å²) in [6.45, 7) is 6.85. The molecule has 2 heterocycles. The van der Waals surface area contributed by atoms with Gasteiger partial charge in [-0.3, -0.25) is 9.88 Å². The first kappa shape index (κ1) is 17.1. The van der Waals surface area contributed by atoms with Crippen molar-refractivity contribution in [2.75, 3.05) is 31.1 Å². The van der Waals surface area contributed by atoms with Crippen LogP contribution in [0.25, 0.3) is 0 Å². The van der Waals surface area contributed by atoms with Crippen LogP contribution in [0.2, 0.25) is 0 Å². The highest BCUT2D eigenvalue weighted by Crippen LogP contribution is 2.27. The fraction of sp³-hybridized carbons (Fsp3) is 0.688. The zero-order valence-corrected chi connectivity index (χ0v) is 13.5. The third-order valence-corrected chi connectivity index (χ3v) is 4.23. The lowest BCUT2D eigenvalue weighted by Crippen LogP contribution is -2.54. The molecule has 0 aliphatic carbocycles. The lowest BCUT2D eigenvalue weighted by Gasteiger charge is -2.41. The van der Waals surface area contributed by atoms with E-state index in [1.807, 2.05) is 19.9 Å². The molecule has 1 fully saturated rings. The number of rotatable bonds is 4. The summed E-state index contributed by atoms with van der Waals surface area (Å²) in [5, 5.41) is 0. The minimum atomic E-state index is -4.13. The van der Waals surface area contributed by atoms with Gasteiger partial charge in [-0.1, -0.05) is 13.3 Å². The molecule has 0 radical (unpaired) electrons. The second kappa shape index (κ2) is 6.86. The normalized spacial score (nSPS) is 20.5. The summed E-state index contributed by atoms with van der Waals surface area (Å²) < 4.78 is 37.8. The van der Waals surface area contributed by atoms with Gasteiger partial charge in [-0.05, 0) is 31.9 Å². The van der Waals surface area contributed by atoms with E-state index in [-0.39, 0.29) is 6.04 Å². The molecule has 0 bridgehead atoms. The second-order valence-electron chi connectivity index (χ2n) is 6.02. The van der Waals surface area contributed by atoms with Crippen LogP contribution in [0.5, 0.6) is 0 Å². The molecule has 1 atom stereocenters. The fourth-order valence-electron chi connectivity index (χ4n) is 3.12. The Morgan fingerprint density at radius 3 is 2.64 bits per heavy atom. The van der Waals surface area contributed by atoms with Crippen LogP contribution >= 0.6 is 0 Å². The van der Waals surface area contributed by atoms with Crippen molar-refractivity contribution in [2.45, 2.75) is 45.8 Å². The van der Waals surface area contributed by atoms with Gasteiger partial charge in [0.2, 0.25) is 0 Å². The summed E-state index contributed by atoms with van der Waals surface area (Å²) in [6.07, 6.45) is -0.358. The number of nitrogens with zero attached hydrogens (tertiary/aromatic N) is 3. The molecule has 6 heteroatoms. The van der Waals surface area contributed by atoms with E-state index in [9.17, 15) is 13.2 Å². The van der Waals surface area contributed by atoms with Crippen molar-refractivity contribution in [3.8, 4) is 0 Å². The van der Waals surface area contributed by atoms with Crippen LogP contribution in [-0.2, 0) is 6.42 Å². The van der Waals surface area contributed by atoms with E-state index in [4.69, 9.17) is 0 Å². The summed E-state index contributed by atoms with van der Waals surface area (Å²) in [7, 11) is 0. The molecule has 0 aromatic carbocycles. The van der Waals surface area contributed by atoms with Crippen molar-refractivity contribution < 1.29 is 13.2 Å². The van der Waals surface area contributed by atoms with E-state index in [0.29, 0.717) is 19.6 Å². The average molecular weight is 315 g/mol. The molecular weight excluding hydrogens is 291 g/mol. The summed E-state index contributed by atoms with van der Waals surface area (Å²) in [6, 6.07) is 1.88. The maximum atomic E-state index is 12.6. The molecule has 3 nitrogen and oxygen atoms in total. The first-order valence-electron chi connectivity index (χ1n) is 7.82. The van der Waals surface area contributed by atoms with Gasteiger partial charge in [0.25, 0.3) is 0 Å². The van der Waals surface area contributed by atoms with Crippen LogP contribution in [0.1, 0.15) is 31.5 Å². The van der Waals surface area contributed by atoms with Crippen LogP contribution in [0.4, 0.5) is 18.9 Å². The smallest absolute Gasteiger partial charge is 0.368 e. The standard InChI is InChI=1S/C16H24F3N3/c1-4-5-14-13(3)20-7-6-15(14)21-8-9-22(12(2)10-21)11-16(17,18)19/h6-7,12H,4-5,8-11H2,1-3H3/t12-/m0/s1. The molecule has 1 aromatic rings. The van der Waals surface area contributed by atoms with Gasteiger partial charge < -0.3 is 4.90 Å². The van der Waals surface area contributed by atoms with E-state index in [1.54, 1.807) is 6.20 Å². The number of hydrogen-bond acceptors (Lipinski definition) is 3. The number of halogens is 3. The molecule has 0 amide bonds. The summed E-state index contributed by atoms with van der Waals surface area (Å²) >= 11 is 0. The van der Waals surface area contributed by atoms with E-state index in [1.165, 1.54) is 10.5 Å². The number of aromatic nitrogens is 1. The Hall–Kier alpha value is -1.30. The zero-order chi connectivity index (χ0) is 16.3. The minimum Gasteiger partial charge on any atom is -0.368 e. The molecular formula is C16H24F3N3. The highest BCUT2D eigenvalue weighted by Gasteiger charge is 2.35. The molecule has 0 saturated carbocycles. The first-order chi connectivity index (χ1) is 10.3. The average Bonchev–Trinajstić information content (AvgIpc) is 2.42. The van der Waals surface area contributed by atoms with Crippen molar-refractivity contribution in [3.63, 3.8) is 0 Å². The summed E-state index contributed by atoms with van der Waals surface area (Å²) in [5.41, 5.74) is 3.37. The van der Waals surface area contributed by atoms with Gasteiger partial charge in [0, 0.05) is 43.3 Å². The highest BCUT2D eigenvalue weighted by atomic mass is 19.4. The van der Waals surface area contributed by atoms with E-state index in [0.717, 1.165) is 24.2 Å². The van der Waals surface area contributed by atoms with Gasteiger partial charge in [-0.25, -0.2) is 0 Å². The van der Waals surface area contributed by atoms with Crippen molar-refractivity contribution in [2.24, 2.45) is 0 Å². The molecule has 124 valence electrons. The van der Waals surface area contributed by atoms with E-state index < -0.39 is 12.7 Å². The number of piperazine rings is 1. The quantitative estimate of drug-likeness (QED) is 0.849. The topological polar surface area (TPSA) is 19.4 Å². The third-order valence-electron chi connectivity index (χ3n) is 4.23. The number of anilines is 1. The molecule has 0 N–H and O–H groups in total. The Kier molecular flexibility index (Phi) is 5.32. The van der Waals surface area contributed by atoms with Gasteiger partial charge in [0.15, 0.2) is 0 Å². The SMILES string of the molecule is CCCc1c(N2CCN(CC(F)(F)F)[C@@H](C)C2)ccnc1C. The zero-order valence-electron chi connectivity index (χ0n) is 13.5. The monoisotopic (exact) mass is 315 g/mol. The minimum absolute atomic E-state index is 0.113. The van der Waals surface area contributed by atoms with Crippen molar-refractivity contribution >= 4 is 5.69 Å². The van der Waals surface area contributed by atoms with E-state index >= 15 is 0 Å². The van der Waals surface area contributed by atoms with E-state index in [2.05, 4.69) is 16.8 Å². The van der Waals surface area contributed by atoms with Gasteiger partial charge in [-0.15, -0.1) is 0 Å². The predicted molar refractivity (Wildman–Crippen MR) is 82.3 cm³/mol. The van der Waals surface area contributed by atoms with Gasteiger partial charge >= 0.3 is 6.18 Å². The maximum Gasteiger partial charge on any atom is 0.401 e. The number of hydrogen-bond donors (Lipinski definition) is 0. The van der Waals surface area contributed by atoms with Gasteiger partial charge in [0.05, 0.1) is 6.54 Å². The molecule has 22 heavy (non-hydrogen) atoms. The Bertz CT molecular complexity index is 502. The first-order valence-corrected chi connectivity index (χ1v) is 7.82. The van der Waals surface area contributed by atoms with Gasteiger partial charge in [-0.2, -0.15) is 13.2 Å². The largest absolute Gasteiger partial charge is 0.401 e. The van der Waals surface area contributed by atoms with Crippen molar-refractivity contribution in [1.82, 2.24) is 9.88 Å². The Morgan fingerprint density at radius 1 is 1.32 bits per heavy atom. The Labute approximate surface area is 130 Å². The third kappa shape index (κ3) is 4.12. The molecule has 1 aromatic heterocycles. The molecule has 2 rings (SSSR count). The molecule has 1 aliphatic heterocycles. The number of alkyl halides is 3. The second-order valence-corrected chi connectivity index (χ2v) is 6.02. The number of pyridine rings is 1. The molecule has 1 aliphatic rings. The van der Waals surface area contributed by atoms with Crippen LogP contribution < -0.4 is 4.90 Å². The Morgan fingerprint density at radius 2 is 2.05 bits per heavy atom. The summed E-state index contributed by atoms with van der Waals surface area (Å²) in [5.74, 6) is 0.